The molecule has 0 aromatic heterocycles. The summed E-state index contributed by atoms with van der Waals surface area (Å²) in [6.07, 6.45) is 0. The summed E-state index contributed by atoms with van der Waals surface area (Å²) < 4.78 is 35.1. The highest BCUT2D eigenvalue weighted by atomic mass is 16.5. The normalized spacial score (nSPS) is 20.5. The van der Waals surface area contributed by atoms with Crippen molar-refractivity contribution in [3.63, 3.8) is 0 Å². The van der Waals surface area contributed by atoms with Crippen molar-refractivity contribution in [2.45, 2.75) is 38.5 Å². The average Bonchev–Trinajstić information content (AvgIpc) is 2.93. The summed E-state index contributed by atoms with van der Waals surface area (Å²) in [6.45, 7) is 9.09. The quantitative estimate of drug-likeness (QED) is 0.347. The van der Waals surface area contributed by atoms with Crippen LogP contribution in [0.25, 0.3) is 0 Å². The SMILES string of the molecule is COc1cc2c(cc1OC)C1(C(C)C)c3cc(OC)c(OC)cc3C2(C(C)C)c2cc(OC)c(OC)cc21. The molecule has 0 N–H and O–H groups in total. The Bertz CT molecular complexity index is 1140. The second kappa shape index (κ2) is 9.04. The first-order valence-electron chi connectivity index (χ1n) is 13.0. The summed E-state index contributed by atoms with van der Waals surface area (Å²) in [5.41, 5.74) is 6.20. The van der Waals surface area contributed by atoms with E-state index in [-0.39, 0.29) is 11.8 Å². The molecule has 0 aliphatic heterocycles. The van der Waals surface area contributed by atoms with E-state index in [1.165, 1.54) is 33.4 Å². The molecule has 0 saturated carbocycles. The van der Waals surface area contributed by atoms with E-state index < -0.39 is 10.8 Å². The van der Waals surface area contributed by atoms with Crippen LogP contribution in [0.15, 0.2) is 36.4 Å². The number of hydrogen-bond donors (Lipinski definition) is 0. The molecule has 0 heterocycles. The summed E-state index contributed by atoms with van der Waals surface area (Å²) >= 11 is 0. The van der Waals surface area contributed by atoms with Crippen molar-refractivity contribution in [3.05, 3.63) is 69.8 Å². The van der Waals surface area contributed by atoms with Crippen LogP contribution in [0.1, 0.15) is 61.1 Å². The third kappa shape index (κ3) is 2.94. The molecule has 38 heavy (non-hydrogen) atoms. The molecule has 0 radical (unpaired) electrons. The molecule has 202 valence electrons. The molecule has 6 heteroatoms. The van der Waals surface area contributed by atoms with Crippen LogP contribution < -0.4 is 28.4 Å². The van der Waals surface area contributed by atoms with Crippen LogP contribution in [-0.4, -0.2) is 42.7 Å². The van der Waals surface area contributed by atoms with Crippen LogP contribution in [0.3, 0.4) is 0 Å². The molecular formula is C32H38O6. The van der Waals surface area contributed by atoms with Crippen molar-refractivity contribution in [3.8, 4) is 34.5 Å². The zero-order valence-electron chi connectivity index (χ0n) is 24.1. The zero-order chi connectivity index (χ0) is 27.6. The molecule has 3 aromatic carbocycles. The molecule has 6 rings (SSSR count). The topological polar surface area (TPSA) is 55.4 Å². The van der Waals surface area contributed by atoms with Gasteiger partial charge in [0.1, 0.15) is 0 Å². The average molecular weight is 519 g/mol. The van der Waals surface area contributed by atoms with Gasteiger partial charge in [0, 0.05) is 10.8 Å². The lowest BCUT2D eigenvalue weighted by Gasteiger charge is -2.60. The van der Waals surface area contributed by atoms with E-state index in [2.05, 4.69) is 64.1 Å². The Morgan fingerprint density at radius 3 is 0.632 bits per heavy atom. The Labute approximate surface area is 225 Å². The van der Waals surface area contributed by atoms with E-state index >= 15 is 0 Å². The highest BCUT2D eigenvalue weighted by Gasteiger charge is 2.62. The van der Waals surface area contributed by atoms with Gasteiger partial charge in [-0.3, -0.25) is 0 Å². The molecule has 2 bridgehead atoms. The first-order chi connectivity index (χ1) is 18.2. The monoisotopic (exact) mass is 518 g/mol. The predicted octanol–water partition coefficient (Wildman–Crippen LogP) is 6.35. The van der Waals surface area contributed by atoms with Crippen molar-refractivity contribution in [1.29, 1.82) is 0 Å². The fourth-order valence-corrected chi connectivity index (χ4v) is 7.33. The van der Waals surface area contributed by atoms with E-state index in [0.717, 1.165) is 0 Å². The van der Waals surface area contributed by atoms with Gasteiger partial charge in [-0.05, 0) is 81.6 Å². The van der Waals surface area contributed by atoms with Gasteiger partial charge in [-0.25, -0.2) is 0 Å². The van der Waals surface area contributed by atoms with Gasteiger partial charge >= 0.3 is 0 Å². The summed E-state index contributed by atoms with van der Waals surface area (Å²) in [5.74, 6) is 4.59. The van der Waals surface area contributed by atoms with Gasteiger partial charge in [0.25, 0.3) is 0 Å². The van der Waals surface area contributed by atoms with Crippen LogP contribution in [-0.2, 0) is 10.8 Å². The number of methoxy groups -OCH3 is 6. The van der Waals surface area contributed by atoms with E-state index in [1.54, 1.807) is 42.7 Å². The van der Waals surface area contributed by atoms with E-state index in [4.69, 9.17) is 28.4 Å². The minimum atomic E-state index is -0.519. The van der Waals surface area contributed by atoms with Crippen molar-refractivity contribution in [2.24, 2.45) is 11.8 Å². The van der Waals surface area contributed by atoms with Gasteiger partial charge in [-0.1, -0.05) is 27.7 Å². The summed E-state index contributed by atoms with van der Waals surface area (Å²) in [5, 5.41) is 0. The predicted molar refractivity (Wildman–Crippen MR) is 148 cm³/mol. The molecule has 0 unspecified atom stereocenters. The van der Waals surface area contributed by atoms with E-state index in [0.29, 0.717) is 34.5 Å². The molecule has 0 saturated heterocycles. The molecule has 0 fully saturated rings. The maximum Gasteiger partial charge on any atom is 0.161 e. The summed E-state index contributed by atoms with van der Waals surface area (Å²) in [7, 11) is 10.1. The molecule has 6 nitrogen and oxygen atoms in total. The lowest BCUT2D eigenvalue weighted by Crippen LogP contribution is -2.55. The number of hydrogen-bond acceptors (Lipinski definition) is 6. The fourth-order valence-electron chi connectivity index (χ4n) is 7.33. The Morgan fingerprint density at radius 2 is 0.526 bits per heavy atom. The van der Waals surface area contributed by atoms with E-state index in [1.807, 2.05) is 0 Å². The van der Waals surface area contributed by atoms with Crippen LogP contribution in [0.2, 0.25) is 0 Å². The van der Waals surface area contributed by atoms with Gasteiger partial charge in [-0.15, -0.1) is 0 Å². The smallest absolute Gasteiger partial charge is 0.161 e. The third-order valence-electron chi connectivity index (χ3n) is 8.85. The van der Waals surface area contributed by atoms with Crippen molar-refractivity contribution in [2.75, 3.05) is 42.7 Å². The standard InChI is InChI=1S/C32H38O6/c1-17(2)31-19-11-25(33-5)28(36-8)14-22(19)32(18(3)4,23-15-29(37-9)26(34-6)12-20(23)31)24-16-30(38-10)27(35-7)13-21(24)31/h11-18H,1-10H3. The zero-order valence-corrected chi connectivity index (χ0v) is 24.1. The Hall–Kier alpha value is -3.54. The van der Waals surface area contributed by atoms with Crippen molar-refractivity contribution < 1.29 is 28.4 Å². The van der Waals surface area contributed by atoms with Gasteiger partial charge in [0.2, 0.25) is 0 Å². The number of ether oxygens (including phenoxy) is 6. The molecule has 0 amide bonds. The lowest BCUT2D eigenvalue weighted by molar-refractivity contribution is 0.302. The fraction of sp³-hybridized carbons (Fsp3) is 0.438. The van der Waals surface area contributed by atoms with Gasteiger partial charge < -0.3 is 28.4 Å². The lowest BCUT2D eigenvalue weighted by atomic mass is 9.42. The first kappa shape index (κ1) is 26.1. The minimum absolute atomic E-state index is 0.165. The minimum Gasteiger partial charge on any atom is -0.493 e. The highest BCUT2D eigenvalue weighted by Crippen LogP contribution is 2.69. The Balaban J connectivity index is 2.09. The summed E-state index contributed by atoms with van der Waals surface area (Å²) in [6, 6.07) is 13.0. The third-order valence-corrected chi connectivity index (χ3v) is 8.85. The van der Waals surface area contributed by atoms with Crippen LogP contribution >= 0.6 is 0 Å². The van der Waals surface area contributed by atoms with Crippen LogP contribution in [0, 0.1) is 11.8 Å². The van der Waals surface area contributed by atoms with Crippen LogP contribution in [0.4, 0.5) is 0 Å². The van der Waals surface area contributed by atoms with Gasteiger partial charge in [0.05, 0.1) is 42.7 Å². The van der Waals surface area contributed by atoms with Crippen molar-refractivity contribution >= 4 is 0 Å². The number of rotatable bonds is 8. The molecule has 3 aliphatic carbocycles. The molecule has 3 aromatic rings. The van der Waals surface area contributed by atoms with Crippen molar-refractivity contribution in [1.82, 2.24) is 0 Å². The maximum atomic E-state index is 5.85. The van der Waals surface area contributed by atoms with Gasteiger partial charge in [-0.2, -0.15) is 0 Å². The second-order valence-corrected chi connectivity index (χ2v) is 10.7. The molecule has 0 spiro atoms. The summed E-state index contributed by atoms with van der Waals surface area (Å²) in [4.78, 5) is 0. The molecule has 0 atom stereocenters. The Kier molecular flexibility index (Phi) is 6.20. The Morgan fingerprint density at radius 1 is 0.368 bits per heavy atom. The molecule has 3 aliphatic rings. The molecular weight excluding hydrogens is 480 g/mol. The van der Waals surface area contributed by atoms with E-state index in [9.17, 15) is 0 Å². The second-order valence-electron chi connectivity index (χ2n) is 10.7. The highest BCUT2D eigenvalue weighted by molar-refractivity contribution is 5.80. The first-order valence-corrected chi connectivity index (χ1v) is 13.0. The largest absolute Gasteiger partial charge is 0.493 e. The maximum absolute atomic E-state index is 5.85. The van der Waals surface area contributed by atoms with Crippen LogP contribution in [0.5, 0.6) is 34.5 Å². The van der Waals surface area contributed by atoms with Gasteiger partial charge in [0.15, 0.2) is 34.5 Å². The number of benzene rings is 3.